The molecule has 2 aromatic carbocycles. The minimum Gasteiger partial charge on any atom is -0.493 e. The number of amides is 2. The highest BCUT2D eigenvalue weighted by molar-refractivity contribution is 6.11. The van der Waals surface area contributed by atoms with Gasteiger partial charge in [-0.1, -0.05) is 0 Å². The van der Waals surface area contributed by atoms with Gasteiger partial charge in [0.05, 0.1) is 12.3 Å². The van der Waals surface area contributed by atoms with Crippen LogP contribution >= 0.6 is 0 Å². The predicted octanol–water partition coefficient (Wildman–Crippen LogP) is 3.02. The van der Waals surface area contributed by atoms with Crippen LogP contribution < -0.4 is 15.4 Å². The van der Waals surface area contributed by atoms with Gasteiger partial charge in [0.2, 0.25) is 0 Å². The summed E-state index contributed by atoms with van der Waals surface area (Å²) in [7, 11) is 0. The molecule has 0 atom stereocenters. The van der Waals surface area contributed by atoms with Crippen molar-refractivity contribution in [3.63, 3.8) is 0 Å². The van der Waals surface area contributed by atoms with E-state index >= 15 is 0 Å². The Morgan fingerprint density at radius 2 is 1.78 bits per heavy atom. The molecule has 4 aliphatic rings. The summed E-state index contributed by atoms with van der Waals surface area (Å²) in [6, 6.07) is 13.4. The summed E-state index contributed by atoms with van der Waals surface area (Å²) in [6.07, 6.45) is 4.76. The molecule has 1 spiro atoms. The minimum atomic E-state index is -0.614. The largest absolute Gasteiger partial charge is 0.493 e. The van der Waals surface area contributed by atoms with Gasteiger partial charge in [-0.15, -0.1) is 0 Å². The number of rotatable bonds is 4. The van der Waals surface area contributed by atoms with Crippen molar-refractivity contribution < 1.29 is 14.3 Å². The molecule has 2 amide bonds. The van der Waals surface area contributed by atoms with Gasteiger partial charge in [0.25, 0.3) is 11.8 Å². The van der Waals surface area contributed by atoms with Crippen molar-refractivity contribution in [1.29, 1.82) is 5.41 Å². The molecule has 0 unspecified atom stereocenters. The maximum Gasteiger partial charge on any atom is 0.277 e. The number of nitrogens with two attached hydrogens (primary N) is 1. The van der Waals surface area contributed by atoms with Gasteiger partial charge in [-0.05, 0) is 73.7 Å². The number of nitrogens with zero attached hydrogens (tertiary/aromatic N) is 4. The van der Waals surface area contributed by atoms with Crippen molar-refractivity contribution >= 4 is 23.3 Å². The minimum absolute atomic E-state index is 0.187. The molecule has 1 aliphatic carbocycles. The van der Waals surface area contributed by atoms with E-state index in [0.717, 1.165) is 67.8 Å². The maximum atomic E-state index is 14.1. The summed E-state index contributed by atoms with van der Waals surface area (Å²) in [5.74, 6) is 0.550. The van der Waals surface area contributed by atoms with Crippen LogP contribution in [0.15, 0.2) is 42.5 Å². The van der Waals surface area contributed by atoms with E-state index in [4.69, 9.17) is 15.9 Å². The smallest absolute Gasteiger partial charge is 0.277 e. The molecule has 2 fully saturated rings. The van der Waals surface area contributed by atoms with E-state index < -0.39 is 5.91 Å². The molecule has 3 aliphatic heterocycles. The fourth-order valence-electron chi connectivity index (χ4n) is 6.05. The molecule has 3 N–H and O–H groups in total. The number of benzene rings is 2. The monoisotopic (exact) mass is 496 g/mol. The van der Waals surface area contributed by atoms with Gasteiger partial charge in [-0.3, -0.25) is 15.0 Å². The highest BCUT2D eigenvalue weighted by Crippen LogP contribution is 2.54. The number of hydrogen-bond donors (Lipinski definition) is 2. The molecule has 4 heterocycles. The molecule has 7 rings (SSSR count). The first-order valence-corrected chi connectivity index (χ1v) is 12.9. The van der Waals surface area contributed by atoms with E-state index in [0.29, 0.717) is 35.9 Å². The van der Waals surface area contributed by atoms with Crippen molar-refractivity contribution in [3.05, 3.63) is 70.5 Å². The quantitative estimate of drug-likeness (QED) is 0.425. The number of anilines is 1. The lowest BCUT2D eigenvalue weighted by Gasteiger charge is -2.33. The third-order valence-electron chi connectivity index (χ3n) is 8.20. The number of amidine groups is 1. The first-order chi connectivity index (χ1) is 17.9. The second kappa shape index (κ2) is 7.93. The lowest BCUT2D eigenvalue weighted by molar-refractivity contribution is 0.0966. The zero-order valence-corrected chi connectivity index (χ0v) is 20.5. The van der Waals surface area contributed by atoms with Crippen LogP contribution in [0.5, 0.6) is 5.75 Å². The van der Waals surface area contributed by atoms with E-state index in [1.807, 2.05) is 42.5 Å². The predicted molar refractivity (Wildman–Crippen MR) is 138 cm³/mol. The van der Waals surface area contributed by atoms with E-state index in [-0.39, 0.29) is 17.0 Å². The molecule has 0 bridgehead atoms. The number of likely N-dealkylation sites (tertiary alicyclic amines) is 1. The molecule has 0 radical (unpaired) electrons. The molecule has 37 heavy (non-hydrogen) atoms. The van der Waals surface area contributed by atoms with Crippen LogP contribution in [0.2, 0.25) is 0 Å². The van der Waals surface area contributed by atoms with Gasteiger partial charge in [-0.2, -0.15) is 5.10 Å². The zero-order chi connectivity index (χ0) is 25.3. The van der Waals surface area contributed by atoms with Crippen LogP contribution in [0.1, 0.15) is 63.4 Å². The van der Waals surface area contributed by atoms with Crippen LogP contribution in [0.3, 0.4) is 0 Å². The second-order valence-corrected chi connectivity index (χ2v) is 10.5. The highest BCUT2D eigenvalue weighted by Gasteiger charge is 2.56. The Labute approximate surface area is 214 Å². The van der Waals surface area contributed by atoms with Crippen LogP contribution in [-0.4, -0.2) is 58.6 Å². The summed E-state index contributed by atoms with van der Waals surface area (Å²) < 4.78 is 7.24. The van der Waals surface area contributed by atoms with E-state index in [1.54, 1.807) is 9.58 Å². The number of nitrogens with one attached hydrogen (secondary N) is 1. The van der Waals surface area contributed by atoms with Crippen LogP contribution in [-0.2, 0) is 11.8 Å². The zero-order valence-electron chi connectivity index (χ0n) is 20.5. The first kappa shape index (κ1) is 22.1. The van der Waals surface area contributed by atoms with Crippen LogP contribution in [0.25, 0.3) is 5.69 Å². The fourth-order valence-corrected chi connectivity index (χ4v) is 6.05. The molecule has 9 nitrogen and oxygen atoms in total. The topological polar surface area (TPSA) is 118 Å². The first-order valence-electron chi connectivity index (χ1n) is 12.9. The van der Waals surface area contributed by atoms with Gasteiger partial charge < -0.3 is 20.3 Å². The van der Waals surface area contributed by atoms with Gasteiger partial charge in [-0.25, -0.2) is 4.68 Å². The SMILES string of the molecule is N=C(c1ccc(N2CC3(CC3)c3c(C(N)=O)nn(-c4ccc5c(c4)CCO5)c3C2=O)cc1)N1CCCC1. The molecular weight excluding hydrogens is 468 g/mol. The summed E-state index contributed by atoms with van der Waals surface area (Å²) in [6.45, 7) is 2.93. The molecule has 9 heteroatoms. The third-order valence-corrected chi connectivity index (χ3v) is 8.20. The number of ether oxygens (including phenoxy) is 1. The number of aromatic nitrogens is 2. The van der Waals surface area contributed by atoms with Crippen molar-refractivity contribution in [2.24, 2.45) is 5.73 Å². The number of primary amides is 1. The normalized spacial score (nSPS) is 19.1. The Bertz CT molecular complexity index is 1460. The maximum absolute atomic E-state index is 14.1. The lowest BCUT2D eigenvalue weighted by Crippen LogP contribution is -2.44. The van der Waals surface area contributed by atoms with Crippen LogP contribution in [0.4, 0.5) is 5.69 Å². The Balaban J connectivity index is 1.29. The fraction of sp³-hybridized carbons (Fsp3) is 0.357. The van der Waals surface area contributed by atoms with Crippen molar-refractivity contribution in [3.8, 4) is 11.4 Å². The van der Waals surface area contributed by atoms with Gasteiger partial charge in [0.15, 0.2) is 5.69 Å². The van der Waals surface area contributed by atoms with Gasteiger partial charge in [0.1, 0.15) is 17.3 Å². The van der Waals surface area contributed by atoms with Crippen LogP contribution in [0, 0.1) is 5.41 Å². The summed E-state index contributed by atoms with van der Waals surface area (Å²) in [5.41, 5.74) is 10.1. The molecule has 1 aromatic heterocycles. The average Bonchev–Trinajstić information content (AvgIpc) is 3.34. The third kappa shape index (κ3) is 3.37. The molecule has 1 saturated heterocycles. The average molecular weight is 497 g/mol. The van der Waals surface area contributed by atoms with Crippen molar-refractivity contribution in [1.82, 2.24) is 14.7 Å². The lowest BCUT2D eigenvalue weighted by atomic mass is 9.88. The number of hydrogen-bond acceptors (Lipinski definition) is 5. The summed E-state index contributed by atoms with van der Waals surface area (Å²) >= 11 is 0. The summed E-state index contributed by atoms with van der Waals surface area (Å²) in [4.78, 5) is 30.4. The van der Waals surface area contributed by atoms with Gasteiger partial charge in [0, 0.05) is 48.3 Å². The highest BCUT2D eigenvalue weighted by atomic mass is 16.5. The second-order valence-electron chi connectivity index (χ2n) is 10.5. The number of carbonyl (C=O) groups excluding carboxylic acids is 2. The van der Waals surface area contributed by atoms with E-state index in [2.05, 4.69) is 10.00 Å². The molecule has 1 saturated carbocycles. The standard InChI is InChI=1S/C28H28N6O3/c29-25(32-12-1-2-13-32)17-3-5-19(6-4-17)33-16-28(10-11-28)22-23(26(30)35)31-34(24(22)27(33)36)20-7-8-21-18(15-20)9-14-37-21/h3-8,15,29H,1-2,9-14,16H2,(H2,30,35). The Morgan fingerprint density at radius 1 is 1.05 bits per heavy atom. The Hall–Kier alpha value is -4.14. The van der Waals surface area contributed by atoms with E-state index in [9.17, 15) is 9.59 Å². The van der Waals surface area contributed by atoms with Crippen molar-refractivity contribution in [2.45, 2.75) is 37.5 Å². The number of fused-ring (bicyclic) bond motifs is 3. The molecule has 3 aromatic rings. The van der Waals surface area contributed by atoms with E-state index in [1.165, 1.54) is 0 Å². The van der Waals surface area contributed by atoms with Crippen molar-refractivity contribution in [2.75, 3.05) is 31.1 Å². The Morgan fingerprint density at radius 3 is 2.49 bits per heavy atom. The van der Waals surface area contributed by atoms with Gasteiger partial charge >= 0.3 is 0 Å². The molecular formula is C28H28N6O3. The molecule has 188 valence electrons. The number of carbonyl (C=O) groups is 2. The Kier molecular flexibility index (Phi) is 4.73. The summed E-state index contributed by atoms with van der Waals surface area (Å²) in [5, 5.41) is 13.2.